The molecule has 1 N–H and O–H groups in total. The Balaban J connectivity index is 2.02. The largest absolute Gasteiger partial charge is 0.391 e. The summed E-state index contributed by atoms with van der Waals surface area (Å²) in [4.78, 5) is 4.69. The van der Waals surface area contributed by atoms with Gasteiger partial charge in [-0.3, -0.25) is 4.48 Å². The molecule has 3 nitrogen and oxygen atoms in total. The lowest BCUT2D eigenvalue weighted by atomic mass is 10.1. The van der Waals surface area contributed by atoms with Crippen LogP contribution in [0, 0.1) is 0 Å². The quantitative estimate of drug-likeness (QED) is 0.280. The molecule has 0 aromatic heterocycles. The molecular formula is C20H39N2O+. The molecule has 1 heterocycles. The van der Waals surface area contributed by atoms with Gasteiger partial charge in [-0.15, -0.1) is 0 Å². The Morgan fingerprint density at radius 3 is 2.39 bits per heavy atom. The van der Waals surface area contributed by atoms with E-state index in [1.165, 1.54) is 64.2 Å². The standard InChI is InChI=1S/C20H39N2O/c1-3-5-6-7-8-9-10-11-12-13-14-15-20-21-16-17-22(20,4-2)18-19-23/h5-6,16,20,23H,3-4,7-15,17-19H2,1-2H3/q+1/b6-5+. The Morgan fingerprint density at radius 1 is 1.04 bits per heavy atom. The van der Waals surface area contributed by atoms with Crippen LogP contribution in [0.1, 0.15) is 78.1 Å². The van der Waals surface area contributed by atoms with Crippen molar-refractivity contribution in [3.8, 4) is 0 Å². The topological polar surface area (TPSA) is 32.6 Å². The zero-order valence-corrected chi connectivity index (χ0v) is 15.6. The van der Waals surface area contributed by atoms with Gasteiger partial charge in [-0.1, -0.05) is 51.2 Å². The van der Waals surface area contributed by atoms with E-state index in [0.717, 1.165) is 24.1 Å². The normalized spacial score (nSPS) is 24.0. The van der Waals surface area contributed by atoms with Gasteiger partial charge in [-0.05, 0) is 32.6 Å². The number of aliphatic hydroxyl groups is 1. The van der Waals surface area contributed by atoms with Crippen molar-refractivity contribution in [2.45, 2.75) is 84.2 Å². The summed E-state index contributed by atoms with van der Waals surface area (Å²) in [6, 6.07) is 0. The number of aliphatic imine (C=N–C) groups is 1. The molecule has 0 fully saturated rings. The average Bonchev–Trinajstić information content (AvgIpc) is 2.96. The number of rotatable bonds is 14. The summed E-state index contributed by atoms with van der Waals surface area (Å²) in [7, 11) is 0. The summed E-state index contributed by atoms with van der Waals surface area (Å²) in [6.45, 7) is 7.65. The van der Waals surface area contributed by atoms with Crippen molar-refractivity contribution in [1.82, 2.24) is 0 Å². The van der Waals surface area contributed by atoms with Gasteiger partial charge in [0, 0.05) is 6.42 Å². The van der Waals surface area contributed by atoms with Crippen LogP contribution >= 0.6 is 0 Å². The number of allylic oxidation sites excluding steroid dienone is 2. The van der Waals surface area contributed by atoms with E-state index < -0.39 is 0 Å². The molecular weight excluding hydrogens is 284 g/mol. The summed E-state index contributed by atoms with van der Waals surface area (Å²) in [6.07, 6.45) is 20.2. The molecule has 23 heavy (non-hydrogen) atoms. The lowest BCUT2D eigenvalue weighted by molar-refractivity contribution is -0.936. The molecule has 0 aromatic rings. The molecule has 0 spiro atoms. The van der Waals surface area contributed by atoms with Gasteiger partial charge in [0.2, 0.25) is 0 Å². The number of hydrogen-bond donors (Lipinski definition) is 1. The lowest BCUT2D eigenvalue weighted by Gasteiger charge is -2.37. The molecule has 0 bridgehead atoms. The first kappa shape index (κ1) is 20.4. The molecule has 0 aromatic carbocycles. The summed E-state index contributed by atoms with van der Waals surface area (Å²) >= 11 is 0. The summed E-state index contributed by atoms with van der Waals surface area (Å²) in [5.74, 6) is 0. The summed E-state index contributed by atoms with van der Waals surface area (Å²) in [5.41, 5.74) is 0. The second kappa shape index (κ2) is 12.7. The van der Waals surface area contributed by atoms with E-state index in [2.05, 4.69) is 32.2 Å². The van der Waals surface area contributed by atoms with Crippen molar-refractivity contribution >= 4 is 6.21 Å². The monoisotopic (exact) mass is 323 g/mol. The fourth-order valence-corrected chi connectivity index (χ4v) is 3.64. The van der Waals surface area contributed by atoms with Gasteiger partial charge in [0.25, 0.3) is 0 Å². The van der Waals surface area contributed by atoms with Crippen LogP contribution in [0.15, 0.2) is 17.1 Å². The minimum atomic E-state index is 0.279. The van der Waals surface area contributed by atoms with Gasteiger partial charge in [0.05, 0.1) is 19.4 Å². The van der Waals surface area contributed by atoms with Crippen LogP contribution in [-0.4, -0.2) is 48.2 Å². The summed E-state index contributed by atoms with van der Waals surface area (Å²) in [5, 5.41) is 9.33. The zero-order valence-electron chi connectivity index (χ0n) is 15.6. The van der Waals surface area contributed by atoms with Crippen LogP contribution in [0.3, 0.4) is 0 Å². The highest BCUT2D eigenvalue weighted by Crippen LogP contribution is 2.24. The molecule has 2 atom stereocenters. The van der Waals surface area contributed by atoms with Crippen LogP contribution in [0.2, 0.25) is 0 Å². The number of nitrogens with zero attached hydrogens (tertiary/aromatic N) is 2. The minimum Gasteiger partial charge on any atom is -0.391 e. The molecule has 0 saturated heterocycles. The van der Waals surface area contributed by atoms with E-state index in [0.29, 0.717) is 6.17 Å². The first-order valence-electron chi connectivity index (χ1n) is 9.92. The molecule has 1 aliphatic rings. The van der Waals surface area contributed by atoms with Crippen LogP contribution < -0.4 is 0 Å². The van der Waals surface area contributed by atoms with E-state index >= 15 is 0 Å². The Kier molecular flexibility index (Phi) is 11.3. The molecule has 0 aliphatic carbocycles. The van der Waals surface area contributed by atoms with Crippen LogP contribution in [-0.2, 0) is 0 Å². The molecule has 0 radical (unpaired) electrons. The lowest BCUT2D eigenvalue weighted by Crippen LogP contribution is -2.53. The molecule has 1 aliphatic heterocycles. The first-order chi connectivity index (χ1) is 11.3. The maximum absolute atomic E-state index is 9.33. The molecule has 0 saturated carbocycles. The number of hydrogen-bond acceptors (Lipinski definition) is 2. The van der Waals surface area contributed by atoms with Crippen molar-refractivity contribution in [3.05, 3.63) is 12.2 Å². The smallest absolute Gasteiger partial charge is 0.182 e. The third kappa shape index (κ3) is 7.63. The van der Waals surface area contributed by atoms with Crippen molar-refractivity contribution in [1.29, 1.82) is 0 Å². The van der Waals surface area contributed by atoms with E-state index in [-0.39, 0.29) is 6.61 Å². The fourth-order valence-electron chi connectivity index (χ4n) is 3.64. The Morgan fingerprint density at radius 2 is 1.74 bits per heavy atom. The van der Waals surface area contributed by atoms with Gasteiger partial charge in [-0.2, -0.15) is 0 Å². The van der Waals surface area contributed by atoms with Crippen molar-refractivity contribution < 1.29 is 9.59 Å². The third-order valence-electron chi connectivity index (χ3n) is 5.27. The predicted octanol–water partition coefficient (Wildman–Crippen LogP) is 4.70. The maximum Gasteiger partial charge on any atom is 0.182 e. The minimum absolute atomic E-state index is 0.279. The number of aliphatic hydroxyl groups excluding tert-OH is 1. The first-order valence-corrected chi connectivity index (χ1v) is 9.92. The number of unbranched alkanes of at least 4 members (excludes halogenated alkanes) is 7. The highest BCUT2D eigenvalue weighted by molar-refractivity contribution is 5.60. The third-order valence-corrected chi connectivity index (χ3v) is 5.27. The van der Waals surface area contributed by atoms with Crippen LogP contribution in [0.5, 0.6) is 0 Å². The van der Waals surface area contributed by atoms with Crippen LogP contribution in [0.25, 0.3) is 0 Å². The van der Waals surface area contributed by atoms with Crippen molar-refractivity contribution in [2.24, 2.45) is 4.99 Å². The Hall–Kier alpha value is -0.670. The predicted molar refractivity (Wildman–Crippen MR) is 101 cm³/mol. The SMILES string of the molecule is CC/C=C/CCCCCCCCCC1N=CC[N+]1(CC)CCO. The van der Waals surface area contributed by atoms with E-state index in [4.69, 9.17) is 4.99 Å². The fraction of sp³-hybridized carbons (Fsp3) is 0.850. The molecule has 0 amide bonds. The Bertz CT molecular complexity index is 341. The van der Waals surface area contributed by atoms with Gasteiger partial charge < -0.3 is 5.11 Å². The highest BCUT2D eigenvalue weighted by atomic mass is 16.3. The summed E-state index contributed by atoms with van der Waals surface area (Å²) < 4.78 is 0.974. The van der Waals surface area contributed by atoms with Gasteiger partial charge in [0.15, 0.2) is 6.17 Å². The van der Waals surface area contributed by atoms with Gasteiger partial charge in [-0.25, -0.2) is 4.99 Å². The second-order valence-electron chi connectivity index (χ2n) is 6.91. The van der Waals surface area contributed by atoms with E-state index in [9.17, 15) is 5.11 Å². The molecule has 3 heteroatoms. The molecule has 1 rings (SSSR count). The van der Waals surface area contributed by atoms with Gasteiger partial charge in [0.1, 0.15) is 13.1 Å². The zero-order chi connectivity index (χ0) is 16.8. The number of likely N-dealkylation sites (N-methyl/N-ethyl adjacent to an activating group) is 1. The van der Waals surface area contributed by atoms with Crippen LogP contribution in [0.4, 0.5) is 0 Å². The number of quaternary nitrogens is 1. The molecule has 2 unspecified atom stereocenters. The average molecular weight is 324 g/mol. The van der Waals surface area contributed by atoms with Gasteiger partial charge >= 0.3 is 0 Å². The maximum atomic E-state index is 9.33. The molecule has 134 valence electrons. The Labute approximate surface area is 144 Å². The van der Waals surface area contributed by atoms with Crippen molar-refractivity contribution in [2.75, 3.05) is 26.2 Å². The second-order valence-corrected chi connectivity index (χ2v) is 6.91. The van der Waals surface area contributed by atoms with E-state index in [1.807, 2.05) is 0 Å². The highest BCUT2D eigenvalue weighted by Gasteiger charge is 2.36. The van der Waals surface area contributed by atoms with E-state index in [1.54, 1.807) is 0 Å². The van der Waals surface area contributed by atoms with Crippen molar-refractivity contribution in [3.63, 3.8) is 0 Å².